The van der Waals surface area contributed by atoms with E-state index in [1.54, 1.807) is 0 Å². The normalized spacial score (nSPS) is 17.8. The fourth-order valence-electron chi connectivity index (χ4n) is 3.46. The smallest absolute Gasteiger partial charge is 0.264 e. The quantitative estimate of drug-likeness (QED) is 0.744. The highest BCUT2D eigenvalue weighted by Crippen LogP contribution is 2.31. The molecule has 1 aliphatic rings. The Hall–Kier alpha value is -1.89. The average Bonchev–Trinajstić information content (AvgIpc) is 3.18. The molecule has 0 saturated carbocycles. The Morgan fingerprint density at radius 2 is 2.23 bits per heavy atom. The molecule has 0 radical (unpaired) electrons. The van der Waals surface area contributed by atoms with Gasteiger partial charge >= 0.3 is 0 Å². The van der Waals surface area contributed by atoms with Crippen molar-refractivity contribution in [3.8, 4) is 0 Å². The minimum atomic E-state index is 0.0741. The van der Waals surface area contributed by atoms with Gasteiger partial charge in [-0.05, 0) is 37.5 Å². The van der Waals surface area contributed by atoms with Crippen molar-refractivity contribution in [1.29, 1.82) is 0 Å². The van der Waals surface area contributed by atoms with Crippen LogP contribution in [0.1, 0.15) is 33.8 Å². The Bertz CT molecular complexity index is 964. The van der Waals surface area contributed by atoms with Gasteiger partial charge in [0.05, 0.1) is 17.1 Å². The van der Waals surface area contributed by atoms with E-state index in [0.29, 0.717) is 13.1 Å². The number of nitrogens with zero attached hydrogens (tertiary/aromatic N) is 3. The van der Waals surface area contributed by atoms with E-state index in [1.807, 2.05) is 46.8 Å². The number of likely N-dealkylation sites (tertiary alicyclic amines) is 1. The van der Waals surface area contributed by atoms with Crippen molar-refractivity contribution in [3.05, 3.63) is 51.5 Å². The number of rotatable bonds is 3. The van der Waals surface area contributed by atoms with Gasteiger partial charge in [0.1, 0.15) is 4.83 Å². The van der Waals surface area contributed by atoms with E-state index in [4.69, 9.17) is 17.3 Å². The van der Waals surface area contributed by atoms with Crippen LogP contribution in [-0.4, -0.2) is 39.7 Å². The molecule has 2 aromatic heterocycles. The molecule has 1 amide bonds. The number of carbonyl (C=O) groups is 1. The number of aromatic nitrogens is 2. The maximum Gasteiger partial charge on any atom is 0.264 e. The SMILES string of the molecule is Cc1nn(Cc2ccccc2Cl)c2sc(C(=O)N3CCCC(N)C3)cc12. The summed E-state index contributed by atoms with van der Waals surface area (Å²) in [5.41, 5.74) is 7.97. The number of amides is 1. The lowest BCUT2D eigenvalue weighted by molar-refractivity contribution is 0.0714. The van der Waals surface area contributed by atoms with Gasteiger partial charge in [0.15, 0.2) is 0 Å². The number of benzene rings is 1. The lowest BCUT2D eigenvalue weighted by atomic mass is 10.1. The van der Waals surface area contributed by atoms with Gasteiger partial charge in [-0.3, -0.25) is 9.48 Å². The van der Waals surface area contributed by atoms with Crippen molar-refractivity contribution < 1.29 is 4.79 Å². The van der Waals surface area contributed by atoms with Gasteiger partial charge < -0.3 is 10.6 Å². The Labute approximate surface area is 161 Å². The molecule has 0 bridgehead atoms. The molecular formula is C19H21ClN4OS. The van der Waals surface area contributed by atoms with E-state index < -0.39 is 0 Å². The number of fused-ring (bicyclic) bond motifs is 1. The Morgan fingerprint density at radius 3 is 3.00 bits per heavy atom. The lowest BCUT2D eigenvalue weighted by Crippen LogP contribution is -2.45. The van der Waals surface area contributed by atoms with Crippen LogP contribution in [0.15, 0.2) is 30.3 Å². The summed E-state index contributed by atoms with van der Waals surface area (Å²) >= 11 is 7.79. The molecule has 1 unspecified atom stereocenters. The summed E-state index contributed by atoms with van der Waals surface area (Å²) in [6.45, 7) is 3.99. The van der Waals surface area contributed by atoms with E-state index in [2.05, 4.69) is 5.10 Å². The zero-order chi connectivity index (χ0) is 18.3. The largest absolute Gasteiger partial charge is 0.336 e. The van der Waals surface area contributed by atoms with Gasteiger partial charge in [0.25, 0.3) is 5.91 Å². The van der Waals surface area contributed by atoms with Crippen LogP contribution in [0.4, 0.5) is 0 Å². The Balaban J connectivity index is 1.65. The van der Waals surface area contributed by atoms with Gasteiger partial charge in [-0.25, -0.2) is 0 Å². The van der Waals surface area contributed by atoms with Gasteiger partial charge in [0, 0.05) is 29.5 Å². The lowest BCUT2D eigenvalue weighted by Gasteiger charge is -2.30. The Kier molecular flexibility index (Phi) is 4.73. The highest BCUT2D eigenvalue weighted by atomic mass is 35.5. The monoisotopic (exact) mass is 388 g/mol. The molecule has 1 aliphatic heterocycles. The third-order valence-corrected chi connectivity index (χ3v) is 6.35. The van der Waals surface area contributed by atoms with Crippen LogP contribution < -0.4 is 5.73 Å². The second-order valence-corrected chi connectivity index (χ2v) is 8.26. The fourth-order valence-corrected chi connectivity index (χ4v) is 4.79. The summed E-state index contributed by atoms with van der Waals surface area (Å²) in [5.74, 6) is 0.0741. The van der Waals surface area contributed by atoms with Crippen LogP contribution >= 0.6 is 22.9 Å². The second-order valence-electron chi connectivity index (χ2n) is 6.82. The van der Waals surface area contributed by atoms with Crippen LogP contribution in [0.5, 0.6) is 0 Å². The molecule has 26 heavy (non-hydrogen) atoms. The number of hydrogen-bond acceptors (Lipinski definition) is 4. The van der Waals surface area contributed by atoms with Crippen molar-refractivity contribution >= 4 is 39.1 Å². The summed E-state index contributed by atoms with van der Waals surface area (Å²) in [4.78, 5) is 16.5. The first-order chi connectivity index (χ1) is 12.5. The minimum Gasteiger partial charge on any atom is -0.336 e. The van der Waals surface area contributed by atoms with Crippen molar-refractivity contribution in [3.63, 3.8) is 0 Å². The van der Waals surface area contributed by atoms with E-state index in [-0.39, 0.29) is 11.9 Å². The molecule has 7 heteroatoms. The highest BCUT2D eigenvalue weighted by molar-refractivity contribution is 7.20. The van der Waals surface area contributed by atoms with Gasteiger partial charge in [0.2, 0.25) is 0 Å². The molecule has 136 valence electrons. The first kappa shape index (κ1) is 17.5. The van der Waals surface area contributed by atoms with E-state index >= 15 is 0 Å². The highest BCUT2D eigenvalue weighted by Gasteiger charge is 2.25. The molecule has 2 N–H and O–H groups in total. The van der Waals surface area contributed by atoms with Crippen LogP contribution in [0.25, 0.3) is 10.2 Å². The molecule has 1 saturated heterocycles. The van der Waals surface area contributed by atoms with Crippen molar-refractivity contribution in [2.24, 2.45) is 5.73 Å². The fraction of sp³-hybridized carbons (Fsp3) is 0.368. The maximum absolute atomic E-state index is 12.9. The number of piperidine rings is 1. The molecule has 1 atom stereocenters. The maximum atomic E-state index is 12.9. The number of nitrogens with two attached hydrogens (primary N) is 1. The van der Waals surface area contributed by atoms with Crippen molar-refractivity contribution in [2.75, 3.05) is 13.1 Å². The zero-order valence-corrected chi connectivity index (χ0v) is 16.2. The summed E-state index contributed by atoms with van der Waals surface area (Å²) in [6.07, 6.45) is 1.96. The van der Waals surface area contributed by atoms with Gasteiger partial charge in [-0.15, -0.1) is 11.3 Å². The van der Waals surface area contributed by atoms with Crippen LogP contribution in [-0.2, 0) is 6.54 Å². The molecule has 3 aromatic rings. The van der Waals surface area contributed by atoms with E-state index in [1.165, 1.54) is 11.3 Å². The summed E-state index contributed by atoms with van der Waals surface area (Å²) < 4.78 is 1.94. The zero-order valence-electron chi connectivity index (χ0n) is 14.6. The molecule has 4 rings (SSSR count). The first-order valence-electron chi connectivity index (χ1n) is 8.78. The number of aryl methyl sites for hydroxylation is 1. The summed E-state index contributed by atoms with van der Waals surface area (Å²) in [6, 6.07) is 9.82. The van der Waals surface area contributed by atoms with Gasteiger partial charge in [-0.1, -0.05) is 29.8 Å². The van der Waals surface area contributed by atoms with Crippen LogP contribution in [0, 0.1) is 6.92 Å². The topological polar surface area (TPSA) is 64.2 Å². The summed E-state index contributed by atoms with van der Waals surface area (Å²) in [7, 11) is 0. The first-order valence-corrected chi connectivity index (χ1v) is 9.97. The molecule has 5 nitrogen and oxygen atoms in total. The second kappa shape index (κ2) is 7.02. The predicted molar refractivity (Wildman–Crippen MR) is 106 cm³/mol. The summed E-state index contributed by atoms with van der Waals surface area (Å²) in [5, 5.41) is 6.39. The molecule has 0 aliphatic carbocycles. The number of carbonyl (C=O) groups excluding carboxylic acids is 1. The standard InChI is InChI=1S/C19H21ClN4OS/c1-12-15-9-17(18(25)23-8-4-6-14(21)11-23)26-19(15)24(22-12)10-13-5-2-3-7-16(13)20/h2-3,5,7,9,14H,4,6,8,10-11,21H2,1H3. The van der Waals surface area contributed by atoms with Crippen molar-refractivity contribution in [1.82, 2.24) is 14.7 Å². The molecule has 1 fully saturated rings. The number of hydrogen-bond donors (Lipinski definition) is 1. The minimum absolute atomic E-state index is 0.0741. The van der Waals surface area contributed by atoms with E-state index in [9.17, 15) is 4.79 Å². The Morgan fingerprint density at radius 1 is 1.42 bits per heavy atom. The molecule has 1 aromatic carbocycles. The van der Waals surface area contributed by atoms with Crippen LogP contribution in [0.3, 0.4) is 0 Å². The predicted octanol–water partition coefficient (Wildman–Crippen LogP) is 3.67. The van der Waals surface area contributed by atoms with Crippen molar-refractivity contribution in [2.45, 2.75) is 32.4 Å². The molecule has 3 heterocycles. The number of halogens is 1. The van der Waals surface area contributed by atoms with E-state index in [0.717, 1.165) is 50.8 Å². The molecular weight excluding hydrogens is 368 g/mol. The third kappa shape index (κ3) is 3.24. The van der Waals surface area contributed by atoms with Gasteiger partial charge in [-0.2, -0.15) is 5.10 Å². The molecule has 0 spiro atoms. The average molecular weight is 389 g/mol. The third-order valence-electron chi connectivity index (χ3n) is 4.84. The van der Waals surface area contributed by atoms with Crippen LogP contribution in [0.2, 0.25) is 5.02 Å². The number of thiophene rings is 1.